The average molecular weight is 438 g/mol. The number of ether oxygens (including phenoxy) is 1. The summed E-state index contributed by atoms with van der Waals surface area (Å²) >= 11 is 0. The van der Waals surface area contributed by atoms with Gasteiger partial charge in [0.05, 0.1) is 16.3 Å². The Morgan fingerprint density at radius 2 is 1.88 bits per heavy atom. The molecule has 3 amide bonds. The van der Waals surface area contributed by atoms with Crippen LogP contribution in [0.5, 0.6) is 0 Å². The summed E-state index contributed by atoms with van der Waals surface area (Å²) in [6.07, 6.45) is -0.0404. The first-order valence-corrected chi connectivity index (χ1v) is 9.86. The van der Waals surface area contributed by atoms with Crippen molar-refractivity contribution in [3.05, 3.63) is 69.8 Å². The molecule has 0 saturated carbocycles. The van der Waals surface area contributed by atoms with Gasteiger partial charge in [-0.1, -0.05) is 37.3 Å². The molecule has 2 heterocycles. The van der Waals surface area contributed by atoms with Gasteiger partial charge in [-0.25, -0.2) is 9.69 Å². The summed E-state index contributed by atoms with van der Waals surface area (Å²) < 4.78 is 4.86. The van der Waals surface area contributed by atoms with Crippen molar-refractivity contribution in [2.75, 3.05) is 18.9 Å². The Balaban J connectivity index is 0.000000222. The minimum atomic E-state index is -0.925. The van der Waals surface area contributed by atoms with E-state index in [4.69, 9.17) is 4.74 Å². The Bertz CT molecular complexity index is 1110. The second-order valence-corrected chi connectivity index (χ2v) is 7.38. The van der Waals surface area contributed by atoms with E-state index in [9.17, 15) is 24.5 Å². The average Bonchev–Trinajstić information content (AvgIpc) is 2.91. The van der Waals surface area contributed by atoms with Crippen LogP contribution in [0.3, 0.4) is 0 Å². The van der Waals surface area contributed by atoms with Gasteiger partial charge in [-0.15, -0.1) is 0 Å². The summed E-state index contributed by atoms with van der Waals surface area (Å²) in [4.78, 5) is 49.6. The maximum Gasteiger partial charge on any atom is 0.417 e. The number of cyclic esters (lactones) is 1. The number of aliphatic imine (C=N–C) groups is 1. The molecule has 166 valence electrons. The minimum Gasteiger partial charge on any atom is -0.433 e. The first-order chi connectivity index (χ1) is 15.2. The monoisotopic (exact) mass is 438 g/mol. The molecular weight excluding hydrogens is 416 g/mol. The number of non-ortho nitro benzene ring substituents is 1. The molecule has 1 N–H and O–H groups in total. The smallest absolute Gasteiger partial charge is 0.417 e. The van der Waals surface area contributed by atoms with Crippen molar-refractivity contribution in [2.24, 2.45) is 4.99 Å². The van der Waals surface area contributed by atoms with Crippen LogP contribution < -0.4 is 5.32 Å². The van der Waals surface area contributed by atoms with E-state index in [0.29, 0.717) is 23.4 Å². The zero-order chi connectivity index (χ0) is 23.5. The van der Waals surface area contributed by atoms with Crippen molar-refractivity contribution in [3.8, 4) is 0 Å². The Labute approximate surface area is 184 Å². The van der Waals surface area contributed by atoms with Crippen molar-refractivity contribution in [1.82, 2.24) is 4.90 Å². The summed E-state index contributed by atoms with van der Waals surface area (Å²) in [5.74, 6) is -0.499. The fraction of sp³-hybridized carbons (Fsp3) is 0.273. The molecule has 1 fully saturated rings. The number of nitro groups is 1. The second-order valence-electron chi connectivity index (χ2n) is 7.38. The van der Waals surface area contributed by atoms with Gasteiger partial charge in [-0.2, -0.15) is 0 Å². The molecule has 2 aromatic carbocycles. The molecule has 32 heavy (non-hydrogen) atoms. The van der Waals surface area contributed by atoms with E-state index in [1.165, 1.54) is 25.2 Å². The number of hydrogen-bond acceptors (Lipinski definition) is 7. The van der Waals surface area contributed by atoms with E-state index in [-0.39, 0.29) is 24.0 Å². The number of fused-ring (bicyclic) bond motifs is 1. The molecule has 0 aliphatic carbocycles. The number of carbonyl (C=O) groups is 3. The molecule has 1 saturated heterocycles. The van der Waals surface area contributed by atoms with Gasteiger partial charge in [0, 0.05) is 30.3 Å². The van der Waals surface area contributed by atoms with Crippen molar-refractivity contribution in [2.45, 2.75) is 25.9 Å². The number of carbonyl (C=O) groups excluding carboxylic acids is 3. The highest BCUT2D eigenvalue weighted by atomic mass is 16.6. The fourth-order valence-electron chi connectivity index (χ4n) is 3.19. The van der Waals surface area contributed by atoms with Gasteiger partial charge >= 0.3 is 6.09 Å². The van der Waals surface area contributed by atoms with Gasteiger partial charge in [0.1, 0.15) is 6.54 Å². The van der Waals surface area contributed by atoms with Crippen molar-refractivity contribution < 1.29 is 24.0 Å². The van der Waals surface area contributed by atoms with Gasteiger partial charge in [0.2, 0.25) is 5.91 Å². The number of nitrogens with zero attached hydrogens (tertiary/aromatic N) is 3. The molecule has 0 bridgehead atoms. The van der Waals surface area contributed by atoms with Crippen molar-refractivity contribution >= 4 is 35.0 Å². The number of likely N-dealkylation sites (N-methyl/N-ethyl adjacent to an activating group) is 1. The number of benzene rings is 2. The van der Waals surface area contributed by atoms with Crippen LogP contribution >= 0.6 is 0 Å². The number of amides is 3. The Kier molecular flexibility index (Phi) is 6.33. The summed E-state index contributed by atoms with van der Waals surface area (Å²) in [6.45, 7) is 3.42. The van der Waals surface area contributed by atoms with Crippen LogP contribution in [0.4, 0.5) is 16.2 Å². The molecule has 0 aromatic heterocycles. The molecule has 4 rings (SSSR count). The fourth-order valence-corrected chi connectivity index (χ4v) is 3.19. The maximum atomic E-state index is 11.7. The summed E-state index contributed by atoms with van der Waals surface area (Å²) in [6, 6.07) is 13.6. The molecule has 1 atom stereocenters. The van der Waals surface area contributed by atoms with E-state index >= 15 is 0 Å². The number of hydrogen-bond donors (Lipinski definition) is 1. The number of rotatable bonds is 3. The normalized spacial score (nSPS) is 19.7. The second kappa shape index (κ2) is 8.96. The van der Waals surface area contributed by atoms with Crippen LogP contribution in [-0.4, -0.2) is 52.6 Å². The quantitative estimate of drug-likeness (QED) is 0.578. The SMILES string of the molecule is CCC1(C)OC(=O)N(C)C1=O.O=C1CN=C(c2ccccc2)c2cc([N+](=O)[O-])ccc2N1. The van der Waals surface area contributed by atoms with E-state index in [1.807, 2.05) is 37.3 Å². The van der Waals surface area contributed by atoms with Crippen LogP contribution in [-0.2, 0) is 14.3 Å². The molecule has 1 unspecified atom stereocenters. The van der Waals surface area contributed by atoms with Crippen molar-refractivity contribution in [1.29, 1.82) is 0 Å². The van der Waals surface area contributed by atoms with Gasteiger partial charge in [0.15, 0.2) is 5.60 Å². The third-order valence-corrected chi connectivity index (χ3v) is 5.19. The largest absolute Gasteiger partial charge is 0.433 e. The molecule has 2 aliphatic rings. The van der Waals surface area contributed by atoms with E-state index in [1.54, 1.807) is 6.92 Å². The highest BCUT2D eigenvalue weighted by molar-refractivity contribution is 6.19. The van der Waals surface area contributed by atoms with Gasteiger partial charge in [0.25, 0.3) is 11.6 Å². The molecule has 0 spiro atoms. The molecular formula is C22H22N4O6. The lowest BCUT2D eigenvalue weighted by Crippen LogP contribution is -2.35. The number of anilines is 1. The Hall–Kier alpha value is -4.08. The minimum absolute atomic E-state index is 0.00724. The lowest BCUT2D eigenvalue weighted by atomic mass is 10.00. The zero-order valence-electron chi connectivity index (χ0n) is 17.8. The van der Waals surface area contributed by atoms with E-state index in [2.05, 4.69) is 10.3 Å². The summed E-state index contributed by atoms with van der Waals surface area (Å²) in [7, 11) is 1.42. The van der Waals surface area contributed by atoms with Crippen LogP contribution in [0.25, 0.3) is 0 Å². The third kappa shape index (κ3) is 4.48. The number of nitro benzene ring substituents is 1. The molecule has 2 aromatic rings. The van der Waals surface area contributed by atoms with Crippen LogP contribution in [0.2, 0.25) is 0 Å². The predicted molar refractivity (Wildman–Crippen MR) is 117 cm³/mol. The number of imide groups is 1. The van der Waals surface area contributed by atoms with Crippen LogP contribution in [0.1, 0.15) is 31.4 Å². The molecule has 2 aliphatic heterocycles. The highest BCUT2D eigenvalue weighted by Crippen LogP contribution is 2.27. The van der Waals surface area contributed by atoms with Crippen LogP contribution in [0, 0.1) is 10.1 Å². The van der Waals surface area contributed by atoms with Crippen molar-refractivity contribution in [3.63, 3.8) is 0 Å². The molecule has 10 heteroatoms. The Morgan fingerprint density at radius 1 is 1.19 bits per heavy atom. The Morgan fingerprint density at radius 3 is 2.41 bits per heavy atom. The standard InChI is InChI=1S/C15H11N3O3.C7H11NO3/c19-14-9-16-15(10-4-2-1-3-5-10)12-8-11(18(20)21)6-7-13(12)17-14;1-4-7(2)5(9)8(3)6(10)11-7/h1-8H,9H2,(H,17,19);4H2,1-3H3. The predicted octanol–water partition coefficient (Wildman–Crippen LogP) is 3.15. The third-order valence-electron chi connectivity index (χ3n) is 5.19. The topological polar surface area (TPSA) is 131 Å². The maximum absolute atomic E-state index is 11.7. The zero-order valence-corrected chi connectivity index (χ0v) is 17.8. The van der Waals surface area contributed by atoms with Gasteiger partial charge < -0.3 is 10.1 Å². The molecule has 0 radical (unpaired) electrons. The van der Waals surface area contributed by atoms with E-state index in [0.717, 1.165) is 10.5 Å². The summed E-state index contributed by atoms with van der Waals surface area (Å²) in [5.41, 5.74) is 1.52. The first kappa shape index (κ1) is 22.6. The lowest BCUT2D eigenvalue weighted by molar-refractivity contribution is -0.384. The lowest BCUT2D eigenvalue weighted by Gasteiger charge is -2.15. The van der Waals surface area contributed by atoms with E-state index < -0.39 is 16.6 Å². The number of nitrogens with one attached hydrogen (secondary N) is 1. The van der Waals surface area contributed by atoms with Crippen LogP contribution in [0.15, 0.2) is 53.5 Å². The highest BCUT2D eigenvalue weighted by Gasteiger charge is 2.47. The summed E-state index contributed by atoms with van der Waals surface area (Å²) in [5, 5.41) is 13.7. The van der Waals surface area contributed by atoms with Gasteiger partial charge in [-0.05, 0) is 19.4 Å². The first-order valence-electron chi connectivity index (χ1n) is 9.86. The molecule has 10 nitrogen and oxygen atoms in total. The van der Waals surface area contributed by atoms with Gasteiger partial charge in [-0.3, -0.25) is 24.7 Å². The number of benzodiazepines with no additional fused rings is 1.